The number of benzene rings is 1. The van der Waals surface area contributed by atoms with Crippen molar-refractivity contribution in [3.63, 3.8) is 0 Å². The molecule has 1 aliphatic heterocycles. The second kappa shape index (κ2) is 6.79. The highest BCUT2D eigenvalue weighted by Crippen LogP contribution is 2.29. The molecule has 0 fully saturated rings. The van der Waals surface area contributed by atoms with E-state index >= 15 is 0 Å². The number of carbonyl (C=O) groups excluding carboxylic acids is 1. The van der Waals surface area contributed by atoms with Gasteiger partial charge in [0.25, 0.3) is 0 Å². The SMILES string of the molecule is O=C(CCSc1ncnc2nc[nH]c12)N1CCCc2cc(F)ccc21. The summed E-state index contributed by atoms with van der Waals surface area (Å²) in [7, 11) is 0. The molecule has 25 heavy (non-hydrogen) atoms. The van der Waals surface area contributed by atoms with Crippen LogP contribution in [0.1, 0.15) is 18.4 Å². The Morgan fingerprint density at radius 2 is 2.24 bits per heavy atom. The molecule has 3 heterocycles. The number of imidazole rings is 1. The molecule has 0 aliphatic carbocycles. The maximum Gasteiger partial charge on any atom is 0.227 e. The van der Waals surface area contributed by atoms with Gasteiger partial charge in [0.2, 0.25) is 5.91 Å². The number of rotatable bonds is 4. The summed E-state index contributed by atoms with van der Waals surface area (Å²) in [5.74, 6) is 0.405. The van der Waals surface area contributed by atoms with Crippen LogP contribution in [0.2, 0.25) is 0 Å². The molecule has 0 atom stereocenters. The van der Waals surface area contributed by atoms with Crippen molar-refractivity contribution < 1.29 is 9.18 Å². The highest BCUT2D eigenvalue weighted by molar-refractivity contribution is 7.99. The van der Waals surface area contributed by atoms with Crippen LogP contribution in [0.4, 0.5) is 10.1 Å². The first kappa shape index (κ1) is 16.0. The minimum atomic E-state index is -0.254. The number of H-pyrrole nitrogens is 1. The second-order valence-corrected chi connectivity index (χ2v) is 6.88. The van der Waals surface area contributed by atoms with E-state index in [4.69, 9.17) is 0 Å². The van der Waals surface area contributed by atoms with Crippen LogP contribution in [0.3, 0.4) is 0 Å². The van der Waals surface area contributed by atoms with Crippen LogP contribution in [0.15, 0.2) is 35.9 Å². The first-order chi connectivity index (χ1) is 12.2. The molecule has 0 bridgehead atoms. The first-order valence-corrected chi connectivity index (χ1v) is 9.06. The highest BCUT2D eigenvalue weighted by atomic mass is 32.2. The number of aryl methyl sites for hydroxylation is 1. The van der Waals surface area contributed by atoms with Crippen LogP contribution < -0.4 is 4.90 Å². The molecule has 128 valence electrons. The fourth-order valence-electron chi connectivity index (χ4n) is 3.05. The number of hydrogen-bond acceptors (Lipinski definition) is 5. The molecule has 4 rings (SSSR count). The Kier molecular flexibility index (Phi) is 4.35. The summed E-state index contributed by atoms with van der Waals surface area (Å²) in [4.78, 5) is 29.8. The third kappa shape index (κ3) is 3.21. The number of aromatic nitrogens is 4. The molecule has 0 unspecified atom stereocenters. The topological polar surface area (TPSA) is 74.8 Å². The van der Waals surface area contributed by atoms with Gasteiger partial charge in [0.15, 0.2) is 5.65 Å². The molecule has 2 aromatic heterocycles. The fourth-order valence-corrected chi connectivity index (χ4v) is 3.93. The van der Waals surface area contributed by atoms with E-state index in [2.05, 4.69) is 19.9 Å². The van der Waals surface area contributed by atoms with Crippen molar-refractivity contribution in [3.8, 4) is 0 Å². The molecular formula is C17H16FN5OS. The van der Waals surface area contributed by atoms with Crippen molar-refractivity contribution in [2.75, 3.05) is 17.2 Å². The number of hydrogen-bond donors (Lipinski definition) is 1. The lowest BCUT2D eigenvalue weighted by molar-refractivity contribution is -0.118. The molecule has 1 aromatic carbocycles. The van der Waals surface area contributed by atoms with Gasteiger partial charge >= 0.3 is 0 Å². The van der Waals surface area contributed by atoms with E-state index in [1.165, 1.54) is 30.2 Å². The Morgan fingerprint density at radius 1 is 1.32 bits per heavy atom. The van der Waals surface area contributed by atoms with E-state index in [1.54, 1.807) is 17.3 Å². The molecule has 1 N–H and O–H groups in total. The standard InChI is InChI=1S/C17H16FN5OS/c18-12-3-4-13-11(8-12)2-1-6-23(13)14(24)5-7-25-17-15-16(20-9-19-15)21-10-22-17/h3-4,8-10H,1-2,5-7H2,(H,19,20,21,22). The number of aromatic amines is 1. The Balaban J connectivity index is 1.42. The van der Waals surface area contributed by atoms with Crippen LogP contribution in [-0.2, 0) is 11.2 Å². The normalized spacial score (nSPS) is 13.9. The van der Waals surface area contributed by atoms with Crippen molar-refractivity contribution >= 4 is 34.5 Å². The number of halogens is 1. The summed E-state index contributed by atoms with van der Waals surface area (Å²) in [5.41, 5.74) is 3.15. The molecule has 0 spiro atoms. The maximum atomic E-state index is 13.4. The minimum Gasteiger partial charge on any atom is -0.341 e. The number of nitrogens with zero attached hydrogens (tertiary/aromatic N) is 4. The molecule has 0 saturated carbocycles. The lowest BCUT2D eigenvalue weighted by Crippen LogP contribution is -2.35. The average Bonchev–Trinajstić information content (AvgIpc) is 3.10. The van der Waals surface area contributed by atoms with E-state index in [0.29, 0.717) is 24.4 Å². The lowest BCUT2D eigenvalue weighted by atomic mass is 10.0. The third-order valence-corrected chi connectivity index (χ3v) is 5.20. The number of amides is 1. The minimum absolute atomic E-state index is 0.0509. The quantitative estimate of drug-likeness (QED) is 0.574. The van der Waals surface area contributed by atoms with Crippen molar-refractivity contribution in [2.45, 2.75) is 24.3 Å². The molecule has 6 nitrogen and oxygen atoms in total. The molecule has 0 radical (unpaired) electrons. The number of carbonyl (C=O) groups is 1. The number of fused-ring (bicyclic) bond motifs is 2. The predicted octanol–water partition coefficient (Wildman–Crippen LogP) is 2.95. The molecule has 3 aromatic rings. The molecule has 1 amide bonds. The van der Waals surface area contributed by atoms with Gasteiger partial charge in [-0.2, -0.15) is 0 Å². The zero-order valence-corrected chi connectivity index (χ0v) is 14.2. The van der Waals surface area contributed by atoms with Crippen molar-refractivity contribution in [2.24, 2.45) is 0 Å². The van der Waals surface area contributed by atoms with E-state index in [1.807, 2.05) is 0 Å². The largest absolute Gasteiger partial charge is 0.341 e. The number of nitrogens with one attached hydrogen (secondary N) is 1. The van der Waals surface area contributed by atoms with Gasteiger partial charge in [-0.25, -0.2) is 19.3 Å². The molecule has 8 heteroatoms. The van der Waals surface area contributed by atoms with Gasteiger partial charge in [0.05, 0.1) is 6.33 Å². The summed E-state index contributed by atoms with van der Waals surface area (Å²) >= 11 is 1.50. The van der Waals surface area contributed by atoms with Crippen LogP contribution in [0, 0.1) is 5.82 Å². The lowest BCUT2D eigenvalue weighted by Gasteiger charge is -2.29. The summed E-state index contributed by atoms with van der Waals surface area (Å²) in [6.45, 7) is 0.681. The molecule has 1 aliphatic rings. The van der Waals surface area contributed by atoms with Crippen LogP contribution in [0.25, 0.3) is 11.2 Å². The Bertz CT molecular complexity index is 928. The van der Waals surface area contributed by atoms with Gasteiger partial charge in [-0.3, -0.25) is 4.79 Å². The summed E-state index contributed by atoms with van der Waals surface area (Å²) in [6.07, 6.45) is 5.11. The van der Waals surface area contributed by atoms with Crippen LogP contribution in [-0.4, -0.2) is 38.1 Å². The van der Waals surface area contributed by atoms with Gasteiger partial charge in [0, 0.05) is 24.4 Å². The number of anilines is 1. The summed E-state index contributed by atoms with van der Waals surface area (Å²) < 4.78 is 13.4. The molecule has 0 saturated heterocycles. The first-order valence-electron chi connectivity index (χ1n) is 8.08. The van der Waals surface area contributed by atoms with Gasteiger partial charge in [-0.05, 0) is 36.6 Å². The van der Waals surface area contributed by atoms with E-state index in [-0.39, 0.29) is 11.7 Å². The Morgan fingerprint density at radius 3 is 3.16 bits per heavy atom. The predicted molar refractivity (Wildman–Crippen MR) is 94.1 cm³/mol. The van der Waals surface area contributed by atoms with Gasteiger partial charge < -0.3 is 9.88 Å². The monoisotopic (exact) mass is 357 g/mol. The maximum absolute atomic E-state index is 13.4. The van der Waals surface area contributed by atoms with E-state index in [0.717, 1.165) is 34.6 Å². The Hall–Kier alpha value is -2.48. The van der Waals surface area contributed by atoms with Crippen molar-refractivity contribution in [3.05, 3.63) is 42.2 Å². The van der Waals surface area contributed by atoms with Crippen molar-refractivity contribution in [1.29, 1.82) is 0 Å². The third-order valence-electron chi connectivity index (χ3n) is 4.20. The zero-order valence-electron chi connectivity index (χ0n) is 13.4. The Labute approximate surface area is 147 Å². The summed E-state index contributed by atoms with van der Waals surface area (Å²) in [6, 6.07) is 4.64. The second-order valence-electron chi connectivity index (χ2n) is 5.80. The smallest absolute Gasteiger partial charge is 0.227 e. The van der Waals surface area contributed by atoms with E-state index in [9.17, 15) is 9.18 Å². The van der Waals surface area contributed by atoms with Crippen LogP contribution in [0.5, 0.6) is 0 Å². The highest BCUT2D eigenvalue weighted by Gasteiger charge is 2.22. The number of thioether (sulfide) groups is 1. The molecular weight excluding hydrogens is 341 g/mol. The van der Waals surface area contributed by atoms with Gasteiger partial charge in [0.1, 0.15) is 22.7 Å². The average molecular weight is 357 g/mol. The zero-order chi connectivity index (χ0) is 17.2. The summed E-state index contributed by atoms with van der Waals surface area (Å²) in [5, 5.41) is 0.788. The van der Waals surface area contributed by atoms with Gasteiger partial charge in [-0.15, -0.1) is 11.8 Å². The fraction of sp³-hybridized carbons (Fsp3) is 0.294. The van der Waals surface area contributed by atoms with Crippen molar-refractivity contribution in [1.82, 2.24) is 19.9 Å². The van der Waals surface area contributed by atoms with Gasteiger partial charge in [-0.1, -0.05) is 0 Å². The van der Waals surface area contributed by atoms with Crippen LogP contribution >= 0.6 is 11.8 Å². The van der Waals surface area contributed by atoms with E-state index < -0.39 is 0 Å².